The molecule has 0 bridgehead atoms. The Morgan fingerprint density at radius 1 is 1.15 bits per heavy atom. The summed E-state index contributed by atoms with van der Waals surface area (Å²) in [5.41, 5.74) is 4.17. The minimum atomic E-state index is 0.250. The molecule has 2 aliphatic rings. The summed E-state index contributed by atoms with van der Waals surface area (Å²) >= 11 is 0. The number of carbonyl (C=O) groups is 1. The number of amides is 1. The molecule has 0 atom stereocenters. The van der Waals surface area contributed by atoms with Crippen molar-refractivity contribution in [3.63, 3.8) is 0 Å². The Balaban J connectivity index is 0.000000174. The van der Waals surface area contributed by atoms with Crippen LogP contribution in [-0.4, -0.2) is 45.5 Å². The number of nitrogens with two attached hydrogens (primary N) is 1. The van der Waals surface area contributed by atoms with Crippen LogP contribution in [0.5, 0.6) is 0 Å². The number of ether oxygens (including phenoxy) is 2. The number of carbonyl (C=O) groups excluding carboxylic acids is 1. The Bertz CT molecular complexity index is 142. The van der Waals surface area contributed by atoms with E-state index in [9.17, 15) is 0 Å². The largest absolute Gasteiger partial charge is 0.482 e. The van der Waals surface area contributed by atoms with Crippen LogP contribution < -0.4 is 5.73 Å². The fraction of sp³-hybridized carbons (Fsp3) is 0.571. The van der Waals surface area contributed by atoms with Gasteiger partial charge in [0.25, 0.3) is 0 Å². The minimum absolute atomic E-state index is 0.250. The SMILES string of the molecule is C1=NCCO1.C1=NCCO1.NC=O. The normalized spacial score (nSPS) is 15.7. The third-order valence-electron chi connectivity index (χ3n) is 0.975. The van der Waals surface area contributed by atoms with Gasteiger partial charge in [-0.2, -0.15) is 0 Å². The summed E-state index contributed by atoms with van der Waals surface area (Å²) in [4.78, 5) is 16.1. The van der Waals surface area contributed by atoms with Crippen molar-refractivity contribution in [2.75, 3.05) is 26.3 Å². The lowest BCUT2D eigenvalue weighted by Gasteiger charge is -1.76. The fourth-order valence-corrected chi connectivity index (χ4v) is 0.527. The summed E-state index contributed by atoms with van der Waals surface area (Å²) in [6.45, 7) is 3.25. The van der Waals surface area contributed by atoms with E-state index < -0.39 is 0 Å². The topological polar surface area (TPSA) is 86.3 Å². The first-order valence-corrected chi connectivity index (χ1v) is 3.77. The van der Waals surface area contributed by atoms with Crippen molar-refractivity contribution in [1.29, 1.82) is 0 Å². The number of primary amides is 1. The van der Waals surface area contributed by atoms with Crippen LogP contribution in [0.15, 0.2) is 9.98 Å². The van der Waals surface area contributed by atoms with Crippen molar-refractivity contribution in [3.8, 4) is 0 Å². The summed E-state index contributed by atoms with van der Waals surface area (Å²) in [6, 6.07) is 0. The predicted octanol–water partition coefficient (Wildman–Crippen LogP) is -0.809. The molecular weight excluding hydrogens is 174 g/mol. The molecule has 0 unspecified atom stereocenters. The highest BCUT2D eigenvalue weighted by Gasteiger charge is 1.85. The van der Waals surface area contributed by atoms with Crippen molar-refractivity contribution in [1.82, 2.24) is 0 Å². The Kier molecular flexibility index (Phi) is 9.14. The van der Waals surface area contributed by atoms with Crippen LogP contribution in [-0.2, 0) is 14.3 Å². The maximum absolute atomic E-state index is 8.58. The van der Waals surface area contributed by atoms with Crippen molar-refractivity contribution in [3.05, 3.63) is 0 Å². The first-order valence-electron chi connectivity index (χ1n) is 3.77. The first-order chi connectivity index (χ1) is 6.41. The third-order valence-corrected chi connectivity index (χ3v) is 0.975. The molecule has 0 aromatic rings. The number of hydrogen-bond donors (Lipinski definition) is 1. The summed E-state index contributed by atoms with van der Waals surface area (Å²) in [5, 5.41) is 0. The number of hydrogen-bond acceptors (Lipinski definition) is 5. The third kappa shape index (κ3) is 10.4. The summed E-state index contributed by atoms with van der Waals surface area (Å²) in [5.74, 6) is 0. The standard InChI is InChI=1S/2C3H5NO.CH3NO/c2*1-2-5-3-4-1;2-1-3/h2*3H,1-2H2;1H,(H2,2,3). The first kappa shape index (κ1) is 11.4. The monoisotopic (exact) mass is 187 g/mol. The van der Waals surface area contributed by atoms with E-state index in [4.69, 9.17) is 4.79 Å². The zero-order valence-electron chi connectivity index (χ0n) is 7.26. The number of nitrogens with zero attached hydrogens (tertiary/aromatic N) is 2. The van der Waals surface area contributed by atoms with Crippen LogP contribution in [0.2, 0.25) is 0 Å². The Hall–Kier alpha value is -1.59. The molecule has 0 saturated carbocycles. The predicted molar refractivity (Wildman–Crippen MR) is 48.9 cm³/mol. The molecule has 0 aromatic heterocycles. The molecule has 13 heavy (non-hydrogen) atoms. The van der Waals surface area contributed by atoms with Gasteiger partial charge in [0, 0.05) is 0 Å². The maximum atomic E-state index is 8.58. The molecular formula is C7H13N3O3. The Labute approximate surface area is 76.4 Å². The quantitative estimate of drug-likeness (QED) is 0.503. The van der Waals surface area contributed by atoms with Gasteiger partial charge in [0.2, 0.25) is 6.41 Å². The van der Waals surface area contributed by atoms with E-state index in [0.29, 0.717) is 0 Å². The van der Waals surface area contributed by atoms with Crippen LogP contribution in [0.3, 0.4) is 0 Å². The van der Waals surface area contributed by atoms with Crippen LogP contribution in [0.25, 0.3) is 0 Å². The smallest absolute Gasteiger partial charge is 0.204 e. The van der Waals surface area contributed by atoms with Crippen LogP contribution in [0.4, 0.5) is 0 Å². The molecule has 1 amide bonds. The summed E-state index contributed by atoms with van der Waals surface area (Å²) in [6.07, 6.45) is 3.22. The van der Waals surface area contributed by atoms with Crippen molar-refractivity contribution in [2.45, 2.75) is 0 Å². The lowest BCUT2D eigenvalue weighted by molar-refractivity contribution is -0.106. The van der Waals surface area contributed by atoms with Gasteiger partial charge in [0.05, 0.1) is 13.1 Å². The van der Waals surface area contributed by atoms with E-state index in [-0.39, 0.29) is 6.41 Å². The molecule has 0 saturated heterocycles. The van der Waals surface area contributed by atoms with Gasteiger partial charge in [0.1, 0.15) is 13.2 Å². The second-order valence-corrected chi connectivity index (χ2v) is 1.90. The highest BCUT2D eigenvalue weighted by atomic mass is 16.5. The second kappa shape index (κ2) is 10.4. The van der Waals surface area contributed by atoms with Gasteiger partial charge in [-0.1, -0.05) is 0 Å². The fourth-order valence-electron chi connectivity index (χ4n) is 0.527. The van der Waals surface area contributed by atoms with E-state index in [1.54, 1.807) is 0 Å². The molecule has 6 nitrogen and oxygen atoms in total. The van der Waals surface area contributed by atoms with Gasteiger partial charge in [-0.05, 0) is 0 Å². The maximum Gasteiger partial charge on any atom is 0.204 e. The zero-order chi connectivity index (χ0) is 9.78. The van der Waals surface area contributed by atoms with Crippen molar-refractivity contribution >= 4 is 19.2 Å². The molecule has 6 heteroatoms. The molecule has 0 aromatic carbocycles. The lowest BCUT2D eigenvalue weighted by atomic mass is 10.8. The molecule has 0 aliphatic carbocycles. The molecule has 0 spiro atoms. The van der Waals surface area contributed by atoms with Crippen molar-refractivity contribution in [2.24, 2.45) is 15.7 Å². The Morgan fingerprint density at radius 2 is 1.54 bits per heavy atom. The van der Waals surface area contributed by atoms with Gasteiger partial charge >= 0.3 is 0 Å². The van der Waals surface area contributed by atoms with Gasteiger partial charge < -0.3 is 15.2 Å². The zero-order valence-corrected chi connectivity index (χ0v) is 7.26. The van der Waals surface area contributed by atoms with Gasteiger partial charge in [-0.25, -0.2) is 0 Å². The number of rotatable bonds is 0. The summed E-state index contributed by atoms with van der Waals surface area (Å²) < 4.78 is 9.31. The average molecular weight is 187 g/mol. The van der Waals surface area contributed by atoms with E-state index >= 15 is 0 Å². The highest BCUT2D eigenvalue weighted by molar-refractivity contribution is 5.48. The van der Waals surface area contributed by atoms with Gasteiger partial charge in [-0.3, -0.25) is 14.8 Å². The molecule has 2 N–H and O–H groups in total. The molecule has 0 fully saturated rings. The molecule has 2 heterocycles. The van der Waals surface area contributed by atoms with Gasteiger partial charge in [-0.15, -0.1) is 0 Å². The van der Waals surface area contributed by atoms with E-state index in [1.807, 2.05) is 0 Å². The van der Waals surface area contributed by atoms with Crippen molar-refractivity contribution < 1.29 is 14.3 Å². The average Bonchev–Trinajstić information content (AvgIpc) is 2.85. The highest BCUT2D eigenvalue weighted by Crippen LogP contribution is 1.79. The number of aliphatic imine (C=N–C) groups is 2. The molecule has 74 valence electrons. The van der Waals surface area contributed by atoms with Crippen LogP contribution >= 0.6 is 0 Å². The van der Waals surface area contributed by atoms with E-state index in [0.717, 1.165) is 26.3 Å². The molecule has 0 radical (unpaired) electrons. The van der Waals surface area contributed by atoms with Crippen LogP contribution in [0, 0.1) is 0 Å². The second-order valence-electron chi connectivity index (χ2n) is 1.90. The van der Waals surface area contributed by atoms with E-state index in [1.165, 1.54) is 12.8 Å². The molecule has 2 rings (SSSR count). The molecule has 2 aliphatic heterocycles. The van der Waals surface area contributed by atoms with E-state index in [2.05, 4.69) is 25.2 Å². The summed E-state index contributed by atoms with van der Waals surface area (Å²) in [7, 11) is 0. The van der Waals surface area contributed by atoms with Crippen LogP contribution in [0.1, 0.15) is 0 Å². The lowest BCUT2D eigenvalue weighted by Crippen LogP contribution is -1.82. The van der Waals surface area contributed by atoms with Gasteiger partial charge in [0.15, 0.2) is 12.8 Å². The minimum Gasteiger partial charge on any atom is -0.482 e. The Morgan fingerprint density at radius 3 is 1.62 bits per heavy atom.